The molecule has 0 aliphatic heterocycles. The van der Waals surface area contributed by atoms with Gasteiger partial charge in [0, 0.05) is 11.1 Å². The highest BCUT2D eigenvalue weighted by molar-refractivity contribution is 6.72. The maximum Gasteiger partial charge on any atom is 0.325 e. The van der Waals surface area contributed by atoms with Crippen LogP contribution >= 0.6 is 0 Å². The quantitative estimate of drug-likeness (QED) is 0.430. The number of carbonyl (C=O) groups excluding carboxylic acids is 1. The Kier molecular flexibility index (Phi) is 6.04. The van der Waals surface area contributed by atoms with Gasteiger partial charge in [0.1, 0.15) is 11.5 Å². The first kappa shape index (κ1) is 18.8. The normalized spacial score (nSPS) is 11.8. The molecule has 4 nitrogen and oxygen atoms in total. The lowest BCUT2D eigenvalue weighted by Gasteiger charge is -2.20. The molecule has 2 aromatic carbocycles. The number of ether oxygens (including phenoxy) is 2. The van der Waals surface area contributed by atoms with Gasteiger partial charge in [0.2, 0.25) is 8.32 Å². The van der Waals surface area contributed by atoms with Crippen LogP contribution in [0.5, 0.6) is 11.5 Å². The molecule has 0 unspecified atom stereocenters. The van der Waals surface area contributed by atoms with E-state index >= 15 is 0 Å². The fourth-order valence-electron chi connectivity index (χ4n) is 2.39. The van der Waals surface area contributed by atoms with Crippen molar-refractivity contribution in [1.82, 2.24) is 0 Å². The van der Waals surface area contributed by atoms with Crippen molar-refractivity contribution in [3.05, 3.63) is 59.7 Å². The van der Waals surface area contributed by atoms with E-state index < -0.39 is 8.32 Å². The van der Waals surface area contributed by atoms with Crippen LogP contribution in [0.2, 0.25) is 19.6 Å². The van der Waals surface area contributed by atoms with Gasteiger partial charge in [-0.05, 0) is 37.8 Å². The van der Waals surface area contributed by atoms with Crippen LogP contribution in [0.1, 0.15) is 11.1 Å². The standard InChI is InChI=1S/C20H24O4Si/c1-22-18-12-8-6-10-15(18)14-17(20(21)24-25(3,4)5)16-11-7-9-13-19(16)23-2/h6-14H,1-5H3/b17-14-. The summed E-state index contributed by atoms with van der Waals surface area (Å²) < 4.78 is 16.6. The van der Waals surface area contributed by atoms with Crippen molar-refractivity contribution in [2.45, 2.75) is 19.6 Å². The Morgan fingerprint density at radius 3 is 2.04 bits per heavy atom. The monoisotopic (exact) mass is 356 g/mol. The molecule has 132 valence electrons. The Balaban J connectivity index is 2.60. The highest BCUT2D eigenvalue weighted by Crippen LogP contribution is 2.31. The zero-order chi connectivity index (χ0) is 18.4. The van der Waals surface area contributed by atoms with Crippen LogP contribution in [-0.2, 0) is 9.22 Å². The van der Waals surface area contributed by atoms with Crippen molar-refractivity contribution in [1.29, 1.82) is 0 Å². The van der Waals surface area contributed by atoms with E-state index in [4.69, 9.17) is 13.9 Å². The number of carbonyl (C=O) groups is 1. The molecule has 0 amide bonds. The minimum atomic E-state index is -2.05. The second-order valence-electron chi connectivity index (χ2n) is 6.50. The molecule has 0 saturated carbocycles. The van der Waals surface area contributed by atoms with Gasteiger partial charge in [-0.2, -0.15) is 0 Å². The van der Waals surface area contributed by atoms with Gasteiger partial charge in [0.15, 0.2) is 0 Å². The Morgan fingerprint density at radius 2 is 1.44 bits per heavy atom. The highest BCUT2D eigenvalue weighted by Gasteiger charge is 2.25. The highest BCUT2D eigenvalue weighted by atomic mass is 28.4. The first-order chi connectivity index (χ1) is 11.9. The van der Waals surface area contributed by atoms with Crippen LogP contribution in [-0.4, -0.2) is 28.5 Å². The molecule has 2 rings (SSSR count). The summed E-state index contributed by atoms with van der Waals surface area (Å²) in [6.45, 7) is 5.94. The smallest absolute Gasteiger partial charge is 0.325 e. The number of rotatable bonds is 6. The third-order valence-electron chi connectivity index (χ3n) is 3.45. The van der Waals surface area contributed by atoms with E-state index in [1.165, 1.54) is 0 Å². The average Bonchev–Trinajstić information content (AvgIpc) is 2.58. The Labute approximate surface area is 150 Å². The maximum atomic E-state index is 12.9. The Hall–Kier alpha value is -2.53. The number of hydrogen-bond donors (Lipinski definition) is 0. The van der Waals surface area contributed by atoms with Gasteiger partial charge in [-0.1, -0.05) is 36.4 Å². The Morgan fingerprint density at radius 1 is 0.880 bits per heavy atom. The van der Waals surface area contributed by atoms with Gasteiger partial charge < -0.3 is 13.9 Å². The molecule has 0 aliphatic rings. The van der Waals surface area contributed by atoms with Crippen LogP contribution in [0, 0.1) is 0 Å². The van der Waals surface area contributed by atoms with Gasteiger partial charge >= 0.3 is 5.97 Å². The summed E-state index contributed by atoms with van der Waals surface area (Å²) >= 11 is 0. The topological polar surface area (TPSA) is 44.8 Å². The third kappa shape index (κ3) is 4.97. The van der Waals surface area contributed by atoms with Crippen molar-refractivity contribution >= 4 is 25.9 Å². The minimum Gasteiger partial charge on any atom is -0.516 e. The Bertz CT molecular complexity index is 775. The van der Waals surface area contributed by atoms with Crippen LogP contribution in [0.3, 0.4) is 0 Å². The summed E-state index contributed by atoms with van der Waals surface area (Å²) in [5.74, 6) is 0.960. The average molecular weight is 356 g/mol. The van der Waals surface area contributed by atoms with Crippen molar-refractivity contribution in [2.75, 3.05) is 14.2 Å². The van der Waals surface area contributed by atoms with Gasteiger partial charge in [-0.25, -0.2) is 4.79 Å². The SMILES string of the molecule is COc1ccccc1/C=C(\C(=O)O[Si](C)(C)C)c1ccccc1OC. The predicted octanol–water partition coefficient (Wildman–Crippen LogP) is 4.62. The van der Waals surface area contributed by atoms with E-state index in [1.807, 2.05) is 68.2 Å². The van der Waals surface area contributed by atoms with Gasteiger partial charge in [0.05, 0.1) is 19.8 Å². The summed E-state index contributed by atoms with van der Waals surface area (Å²) in [5.41, 5.74) is 1.95. The molecule has 0 heterocycles. The molecule has 0 aliphatic carbocycles. The second-order valence-corrected chi connectivity index (χ2v) is 10.9. The van der Waals surface area contributed by atoms with Gasteiger partial charge in [-0.15, -0.1) is 0 Å². The van der Waals surface area contributed by atoms with Gasteiger partial charge in [0.25, 0.3) is 0 Å². The van der Waals surface area contributed by atoms with Crippen molar-refractivity contribution in [3.63, 3.8) is 0 Å². The minimum absolute atomic E-state index is 0.352. The maximum absolute atomic E-state index is 12.9. The molecule has 0 fully saturated rings. The molecule has 0 bridgehead atoms. The summed E-state index contributed by atoms with van der Waals surface area (Å²) in [7, 11) is 1.15. The van der Waals surface area contributed by atoms with Crippen molar-refractivity contribution in [2.24, 2.45) is 0 Å². The lowest BCUT2D eigenvalue weighted by atomic mass is 10.0. The zero-order valence-electron chi connectivity index (χ0n) is 15.3. The van der Waals surface area contributed by atoms with E-state index in [0.29, 0.717) is 22.6 Å². The van der Waals surface area contributed by atoms with E-state index in [1.54, 1.807) is 20.3 Å². The molecule has 0 radical (unpaired) electrons. The molecule has 0 atom stereocenters. The van der Waals surface area contributed by atoms with E-state index in [0.717, 1.165) is 5.56 Å². The third-order valence-corrected chi connectivity index (χ3v) is 4.25. The molecule has 25 heavy (non-hydrogen) atoms. The molecule has 0 spiro atoms. The fraction of sp³-hybridized carbons (Fsp3) is 0.250. The summed E-state index contributed by atoms with van der Waals surface area (Å²) in [4.78, 5) is 12.9. The lowest BCUT2D eigenvalue weighted by Crippen LogP contribution is -2.29. The van der Waals surface area contributed by atoms with E-state index in [2.05, 4.69) is 0 Å². The lowest BCUT2D eigenvalue weighted by molar-refractivity contribution is -0.128. The number of hydrogen-bond acceptors (Lipinski definition) is 4. The zero-order valence-corrected chi connectivity index (χ0v) is 16.3. The van der Waals surface area contributed by atoms with Gasteiger partial charge in [-0.3, -0.25) is 0 Å². The molecular formula is C20H24O4Si. The second kappa shape index (κ2) is 8.03. The molecule has 0 saturated heterocycles. The molecular weight excluding hydrogens is 332 g/mol. The van der Waals surface area contributed by atoms with Crippen LogP contribution in [0.25, 0.3) is 11.6 Å². The molecule has 0 aromatic heterocycles. The number of methoxy groups -OCH3 is 2. The van der Waals surface area contributed by atoms with Crippen molar-refractivity contribution in [3.8, 4) is 11.5 Å². The molecule has 5 heteroatoms. The summed E-state index contributed by atoms with van der Waals surface area (Å²) in [6, 6.07) is 15.0. The first-order valence-electron chi connectivity index (χ1n) is 8.07. The van der Waals surface area contributed by atoms with Crippen LogP contribution < -0.4 is 9.47 Å². The molecule has 2 aromatic rings. The molecule has 0 N–H and O–H groups in total. The van der Waals surface area contributed by atoms with Crippen LogP contribution in [0.15, 0.2) is 48.5 Å². The predicted molar refractivity (Wildman–Crippen MR) is 103 cm³/mol. The fourth-order valence-corrected chi connectivity index (χ4v) is 3.05. The van der Waals surface area contributed by atoms with E-state index in [-0.39, 0.29) is 5.97 Å². The first-order valence-corrected chi connectivity index (χ1v) is 11.5. The number of para-hydroxylation sites is 2. The largest absolute Gasteiger partial charge is 0.516 e. The van der Waals surface area contributed by atoms with Crippen LogP contribution in [0.4, 0.5) is 0 Å². The number of benzene rings is 2. The summed E-state index contributed by atoms with van der Waals surface area (Å²) in [5, 5.41) is 0. The summed E-state index contributed by atoms with van der Waals surface area (Å²) in [6.07, 6.45) is 1.79. The van der Waals surface area contributed by atoms with E-state index in [9.17, 15) is 4.79 Å². The van der Waals surface area contributed by atoms with Crippen molar-refractivity contribution < 1.29 is 18.7 Å².